The molecule has 216 valence electrons. The van der Waals surface area contributed by atoms with Crippen molar-refractivity contribution in [2.24, 2.45) is 0 Å². The lowest BCUT2D eigenvalue weighted by Gasteiger charge is -2.27. The van der Waals surface area contributed by atoms with E-state index in [2.05, 4.69) is 175 Å². The first-order chi connectivity index (χ1) is 22.8. The number of hydrogen-bond acceptors (Lipinski definition) is 2. The summed E-state index contributed by atoms with van der Waals surface area (Å²) < 4.78 is 6.59. The van der Waals surface area contributed by atoms with Gasteiger partial charge in [0.25, 0.3) is 0 Å². The SMILES string of the molecule is c1ccc(-c2ccc(N(c3ccc(-c4ccc5ccccc5c4)cc3)c3cc4ccccc4c4oc5ccccc5c34)cc2)cc1. The molecule has 0 saturated heterocycles. The van der Waals surface area contributed by atoms with Crippen molar-refractivity contribution in [2.45, 2.75) is 0 Å². The number of para-hydroxylation sites is 1. The van der Waals surface area contributed by atoms with Crippen LogP contribution in [-0.2, 0) is 0 Å². The number of fused-ring (bicyclic) bond motifs is 6. The maximum absolute atomic E-state index is 6.59. The van der Waals surface area contributed by atoms with Crippen LogP contribution in [0.1, 0.15) is 0 Å². The molecule has 46 heavy (non-hydrogen) atoms. The predicted octanol–water partition coefficient (Wildman–Crippen LogP) is 12.7. The lowest BCUT2D eigenvalue weighted by Crippen LogP contribution is -2.10. The molecular weight excluding hydrogens is 558 g/mol. The molecule has 0 amide bonds. The Bertz CT molecular complexity index is 2510. The van der Waals surface area contributed by atoms with Gasteiger partial charge in [0.1, 0.15) is 11.2 Å². The van der Waals surface area contributed by atoms with Crippen LogP contribution in [0.5, 0.6) is 0 Å². The van der Waals surface area contributed by atoms with Crippen LogP contribution in [-0.4, -0.2) is 0 Å². The van der Waals surface area contributed by atoms with Gasteiger partial charge in [-0.3, -0.25) is 0 Å². The Morgan fingerprint density at radius 3 is 1.65 bits per heavy atom. The Kier molecular flexibility index (Phi) is 6.17. The van der Waals surface area contributed by atoms with E-state index in [1.807, 2.05) is 6.07 Å². The highest BCUT2D eigenvalue weighted by molar-refractivity contribution is 6.21. The smallest absolute Gasteiger partial charge is 0.145 e. The minimum absolute atomic E-state index is 0.890. The van der Waals surface area contributed by atoms with E-state index in [4.69, 9.17) is 4.42 Å². The van der Waals surface area contributed by atoms with Gasteiger partial charge in [-0.2, -0.15) is 0 Å². The molecule has 0 aliphatic rings. The summed E-state index contributed by atoms with van der Waals surface area (Å²) in [5.74, 6) is 0. The Hall–Kier alpha value is -6.12. The van der Waals surface area contributed by atoms with Crippen molar-refractivity contribution in [3.05, 3.63) is 176 Å². The van der Waals surface area contributed by atoms with Gasteiger partial charge < -0.3 is 9.32 Å². The monoisotopic (exact) mass is 587 g/mol. The average Bonchev–Trinajstić information content (AvgIpc) is 3.53. The highest BCUT2D eigenvalue weighted by Crippen LogP contribution is 2.46. The van der Waals surface area contributed by atoms with Crippen LogP contribution in [0.2, 0.25) is 0 Å². The van der Waals surface area contributed by atoms with Crippen LogP contribution >= 0.6 is 0 Å². The average molecular weight is 588 g/mol. The second kappa shape index (κ2) is 10.8. The molecule has 0 atom stereocenters. The first-order valence-electron chi connectivity index (χ1n) is 15.7. The van der Waals surface area contributed by atoms with E-state index < -0.39 is 0 Å². The lowest BCUT2D eigenvalue weighted by atomic mass is 9.99. The number of hydrogen-bond donors (Lipinski definition) is 0. The van der Waals surface area contributed by atoms with Crippen molar-refractivity contribution in [1.29, 1.82) is 0 Å². The minimum Gasteiger partial charge on any atom is -0.455 e. The summed E-state index contributed by atoms with van der Waals surface area (Å²) in [4.78, 5) is 2.37. The van der Waals surface area contributed by atoms with Gasteiger partial charge in [-0.25, -0.2) is 0 Å². The fourth-order valence-electron chi connectivity index (χ4n) is 6.75. The molecule has 2 heteroatoms. The fraction of sp³-hybridized carbons (Fsp3) is 0. The summed E-state index contributed by atoms with van der Waals surface area (Å²) in [7, 11) is 0. The van der Waals surface area contributed by atoms with Crippen molar-refractivity contribution in [1.82, 2.24) is 0 Å². The normalized spacial score (nSPS) is 11.5. The molecule has 0 bridgehead atoms. The highest BCUT2D eigenvalue weighted by atomic mass is 16.3. The van der Waals surface area contributed by atoms with Crippen LogP contribution in [0.25, 0.3) is 65.7 Å². The van der Waals surface area contributed by atoms with E-state index in [1.165, 1.54) is 33.0 Å². The van der Waals surface area contributed by atoms with Crippen molar-refractivity contribution in [2.75, 3.05) is 4.90 Å². The molecule has 8 aromatic carbocycles. The van der Waals surface area contributed by atoms with E-state index in [9.17, 15) is 0 Å². The molecule has 1 aromatic heterocycles. The summed E-state index contributed by atoms with van der Waals surface area (Å²) in [6.45, 7) is 0. The Morgan fingerprint density at radius 1 is 0.370 bits per heavy atom. The summed E-state index contributed by atoms with van der Waals surface area (Å²) in [6, 6.07) is 62.7. The number of furan rings is 1. The third-order valence-electron chi connectivity index (χ3n) is 9.03. The standard InChI is InChI=1S/C44H29NO/c1-2-10-30(11-3-1)32-20-24-37(25-21-32)45(38-26-22-33(23-27-38)35-19-18-31-12-4-5-13-34(31)28-35)41-29-36-14-6-7-15-39(36)44-43(41)40-16-8-9-17-42(40)46-44/h1-29H. The van der Waals surface area contributed by atoms with Gasteiger partial charge in [-0.15, -0.1) is 0 Å². The zero-order chi connectivity index (χ0) is 30.5. The number of anilines is 3. The zero-order valence-corrected chi connectivity index (χ0v) is 25.1. The van der Waals surface area contributed by atoms with Gasteiger partial charge in [0.05, 0.1) is 11.1 Å². The maximum atomic E-state index is 6.59. The summed E-state index contributed by atoms with van der Waals surface area (Å²) in [5, 5.41) is 6.97. The van der Waals surface area contributed by atoms with Crippen LogP contribution in [0.4, 0.5) is 17.1 Å². The minimum atomic E-state index is 0.890. The Labute approximate surface area is 267 Å². The number of rotatable bonds is 5. The molecule has 0 saturated carbocycles. The van der Waals surface area contributed by atoms with Crippen LogP contribution in [0.3, 0.4) is 0 Å². The second-order valence-corrected chi connectivity index (χ2v) is 11.8. The molecule has 0 aliphatic carbocycles. The topological polar surface area (TPSA) is 16.4 Å². The van der Waals surface area contributed by atoms with Gasteiger partial charge in [0.15, 0.2) is 0 Å². The first-order valence-corrected chi connectivity index (χ1v) is 15.7. The summed E-state index contributed by atoms with van der Waals surface area (Å²) in [6.07, 6.45) is 0. The van der Waals surface area contributed by atoms with E-state index in [-0.39, 0.29) is 0 Å². The molecule has 1 heterocycles. The van der Waals surface area contributed by atoms with Crippen molar-refractivity contribution in [3.63, 3.8) is 0 Å². The third kappa shape index (κ3) is 4.43. The van der Waals surface area contributed by atoms with Crippen molar-refractivity contribution >= 4 is 60.5 Å². The van der Waals surface area contributed by atoms with Crippen molar-refractivity contribution < 1.29 is 4.42 Å². The third-order valence-corrected chi connectivity index (χ3v) is 9.03. The van der Waals surface area contributed by atoms with E-state index in [0.717, 1.165) is 49.8 Å². The lowest BCUT2D eigenvalue weighted by molar-refractivity contribution is 0.672. The van der Waals surface area contributed by atoms with E-state index in [0.29, 0.717) is 0 Å². The van der Waals surface area contributed by atoms with Crippen molar-refractivity contribution in [3.8, 4) is 22.3 Å². The van der Waals surface area contributed by atoms with Gasteiger partial charge >= 0.3 is 0 Å². The number of nitrogens with zero attached hydrogens (tertiary/aromatic N) is 1. The highest BCUT2D eigenvalue weighted by Gasteiger charge is 2.22. The van der Waals surface area contributed by atoms with E-state index in [1.54, 1.807) is 0 Å². The molecule has 9 aromatic rings. The van der Waals surface area contributed by atoms with Gasteiger partial charge in [0, 0.05) is 22.1 Å². The molecule has 0 N–H and O–H groups in total. The molecule has 0 spiro atoms. The molecule has 0 unspecified atom stereocenters. The van der Waals surface area contributed by atoms with E-state index >= 15 is 0 Å². The van der Waals surface area contributed by atoms with Gasteiger partial charge in [-0.1, -0.05) is 133 Å². The first kappa shape index (κ1) is 26.3. The molecule has 0 fully saturated rings. The fourth-order valence-corrected chi connectivity index (χ4v) is 6.75. The van der Waals surface area contributed by atoms with Gasteiger partial charge in [0.2, 0.25) is 0 Å². The Morgan fingerprint density at radius 2 is 0.913 bits per heavy atom. The van der Waals surface area contributed by atoms with Crippen LogP contribution < -0.4 is 4.90 Å². The zero-order valence-electron chi connectivity index (χ0n) is 25.1. The molecule has 2 nitrogen and oxygen atoms in total. The Balaban J connectivity index is 1.25. The van der Waals surface area contributed by atoms with Gasteiger partial charge in [-0.05, 0) is 80.9 Å². The number of benzene rings is 8. The quantitative estimate of drug-likeness (QED) is 0.199. The summed E-state index contributed by atoms with van der Waals surface area (Å²) in [5.41, 5.74) is 9.84. The second-order valence-electron chi connectivity index (χ2n) is 11.8. The summed E-state index contributed by atoms with van der Waals surface area (Å²) >= 11 is 0. The molecule has 0 aliphatic heterocycles. The molecule has 0 radical (unpaired) electrons. The maximum Gasteiger partial charge on any atom is 0.145 e. The predicted molar refractivity (Wildman–Crippen MR) is 194 cm³/mol. The molecule has 9 rings (SSSR count). The van der Waals surface area contributed by atoms with Crippen LogP contribution in [0, 0.1) is 0 Å². The molecular formula is C44H29NO. The van der Waals surface area contributed by atoms with Crippen LogP contribution in [0.15, 0.2) is 180 Å². The largest absolute Gasteiger partial charge is 0.455 e.